The Morgan fingerprint density at radius 3 is 2.60 bits per heavy atom. The molecule has 1 aliphatic heterocycles. The van der Waals surface area contributed by atoms with Crippen molar-refractivity contribution in [2.24, 2.45) is 0 Å². The van der Waals surface area contributed by atoms with E-state index in [1.165, 1.54) is 30.5 Å². The highest BCUT2D eigenvalue weighted by molar-refractivity contribution is 8.18. The number of pyridine rings is 1. The van der Waals surface area contributed by atoms with E-state index in [-0.39, 0.29) is 33.1 Å². The van der Waals surface area contributed by atoms with Crippen molar-refractivity contribution in [1.29, 1.82) is 0 Å². The van der Waals surface area contributed by atoms with Crippen LogP contribution in [0.4, 0.5) is 4.79 Å². The van der Waals surface area contributed by atoms with Crippen LogP contribution in [0.2, 0.25) is 10.2 Å². The number of carbonyl (C=O) groups is 2. The average Bonchev–Trinajstić information content (AvgIpc) is 2.82. The zero-order valence-corrected chi connectivity index (χ0v) is 14.8. The highest BCUT2D eigenvalue weighted by atomic mass is 35.5. The fraction of sp³-hybridized carbons (Fsp3) is 0.0625. The van der Waals surface area contributed by atoms with Crippen LogP contribution in [0.5, 0.6) is 11.5 Å². The largest absolute Gasteiger partial charge is 0.504 e. The molecule has 2 amide bonds. The van der Waals surface area contributed by atoms with Crippen molar-refractivity contribution in [1.82, 2.24) is 9.88 Å². The summed E-state index contributed by atoms with van der Waals surface area (Å²) in [6.45, 7) is 0.0206. The number of aromatic hydroxyl groups is 2. The summed E-state index contributed by atoms with van der Waals surface area (Å²) in [5.74, 6) is -1.04. The molecule has 0 bridgehead atoms. The van der Waals surface area contributed by atoms with Gasteiger partial charge < -0.3 is 10.2 Å². The van der Waals surface area contributed by atoms with Crippen molar-refractivity contribution in [3.05, 3.63) is 56.7 Å². The second-order valence-electron chi connectivity index (χ2n) is 5.13. The summed E-state index contributed by atoms with van der Waals surface area (Å²) in [5.41, 5.74) is 1.05. The van der Waals surface area contributed by atoms with Gasteiger partial charge in [-0.25, -0.2) is 4.98 Å². The number of aromatic nitrogens is 1. The van der Waals surface area contributed by atoms with Gasteiger partial charge in [0.1, 0.15) is 5.15 Å². The van der Waals surface area contributed by atoms with Gasteiger partial charge in [-0.3, -0.25) is 14.5 Å². The Labute approximate surface area is 156 Å². The van der Waals surface area contributed by atoms with Gasteiger partial charge in [0.15, 0.2) is 11.5 Å². The SMILES string of the molecule is O=C1SC(=Cc2ccc(O)c(O)c2)C(=O)N1Cc1cnc(Cl)c(Cl)c1. The maximum Gasteiger partial charge on any atom is 0.293 e. The molecule has 0 radical (unpaired) electrons. The summed E-state index contributed by atoms with van der Waals surface area (Å²) in [6.07, 6.45) is 2.91. The number of amides is 2. The molecular weight excluding hydrogens is 387 g/mol. The second-order valence-corrected chi connectivity index (χ2v) is 6.89. The van der Waals surface area contributed by atoms with Crippen LogP contribution >= 0.6 is 35.0 Å². The Hall–Kier alpha value is -2.22. The van der Waals surface area contributed by atoms with Crippen molar-refractivity contribution in [3.8, 4) is 11.5 Å². The van der Waals surface area contributed by atoms with E-state index < -0.39 is 11.1 Å². The molecule has 3 rings (SSSR count). The van der Waals surface area contributed by atoms with E-state index in [0.29, 0.717) is 11.1 Å². The summed E-state index contributed by atoms with van der Waals surface area (Å²) in [4.78, 5) is 29.7. The van der Waals surface area contributed by atoms with Crippen molar-refractivity contribution >= 4 is 52.2 Å². The first-order chi connectivity index (χ1) is 11.8. The van der Waals surface area contributed by atoms with Crippen LogP contribution in [0.15, 0.2) is 35.4 Å². The molecule has 9 heteroatoms. The Balaban J connectivity index is 1.83. The molecule has 128 valence electrons. The number of halogens is 2. The van der Waals surface area contributed by atoms with Gasteiger partial charge in [-0.1, -0.05) is 29.3 Å². The molecule has 0 atom stereocenters. The molecule has 0 saturated carbocycles. The minimum absolute atomic E-state index is 0.0206. The van der Waals surface area contributed by atoms with E-state index in [0.717, 1.165) is 16.7 Å². The van der Waals surface area contributed by atoms with E-state index in [1.54, 1.807) is 6.07 Å². The minimum Gasteiger partial charge on any atom is -0.504 e. The van der Waals surface area contributed by atoms with Gasteiger partial charge in [0.05, 0.1) is 16.5 Å². The predicted molar refractivity (Wildman–Crippen MR) is 95.5 cm³/mol. The van der Waals surface area contributed by atoms with Crippen LogP contribution in [-0.2, 0) is 11.3 Å². The van der Waals surface area contributed by atoms with Gasteiger partial charge in [0, 0.05) is 6.20 Å². The number of thioether (sulfide) groups is 1. The molecule has 25 heavy (non-hydrogen) atoms. The molecule has 1 aromatic carbocycles. The van der Waals surface area contributed by atoms with Gasteiger partial charge in [0.25, 0.3) is 11.1 Å². The number of carbonyl (C=O) groups excluding carboxylic acids is 2. The number of phenolic OH excluding ortho intramolecular Hbond substituents is 2. The molecule has 1 aliphatic rings. The van der Waals surface area contributed by atoms with E-state index in [2.05, 4.69) is 4.98 Å². The molecule has 0 aliphatic carbocycles. The third-order valence-corrected chi connectivity index (χ3v) is 4.96. The Morgan fingerprint density at radius 1 is 1.16 bits per heavy atom. The fourth-order valence-corrected chi connectivity index (χ4v) is 3.28. The van der Waals surface area contributed by atoms with E-state index in [9.17, 15) is 19.8 Å². The average molecular weight is 397 g/mol. The van der Waals surface area contributed by atoms with Crippen LogP contribution < -0.4 is 0 Å². The van der Waals surface area contributed by atoms with Crippen LogP contribution in [0.25, 0.3) is 6.08 Å². The van der Waals surface area contributed by atoms with E-state index >= 15 is 0 Å². The number of hydrogen-bond acceptors (Lipinski definition) is 6. The van der Waals surface area contributed by atoms with Crippen molar-refractivity contribution in [2.75, 3.05) is 0 Å². The number of rotatable bonds is 3. The maximum absolute atomic E-state index is 12.5. The summed E-state index contributed by atoms with van der Waals surface area (Å²) in [5, 5.41) is 18.8. The Bertz CT molecular complexity index is 917. The number of nitrogens with zero attached hydrogens (tertiary/aromatic N) is 2. The molecule has 2 aromatic rings. The Kier molecular flexibility index (Phi) is 4.89. The van der Waals surface area contributed by atoms with Gasteiger partial charge in [-0.05, 0) is 47.2 Å². The monoisotopic (exact) mass is 396 g/mol. The van der Waals surface area contributed by atoms with E-state index in [4.69, 9.17) is 23.2 Å². The topological polar surface area (TPSA) is 90.7 Å². The van der Waals surface area contributed by atoms with Crippen LogP contribution in [0, 0.1) is 0 Å². The van der Waals surface area contributed by atoms with Crippen LogP contribution in [0.3, 0.4) is 0 Å². The molecule has 2 heterocycles. The lowest BCUT2D eigenvalue weighted by Gasteiger charge is -2.12. The van der Waals surface area contributed by atoms with Gasteiger partial charge in [-0.15, -0.1) is 0 Å². The molecule has 2 N–H and O–H groups in total. The van der Waals surface area contributed by atoms with Crippen LogP contribution in [0.1, 0.15) is 11.1 Å². The predicted octanol–water partition coefficient (Wildman–Crippen LogP) is 4.04. The second kappa shape index (κ2) is 6.95. The molecule has 0 spiro atoms. The maximum atomic E-state index is 12.5. The van der Waals surface area contributed by atoms with Crippen molar-refractivity contribution in [3.63, 3.8) is 0 Å². The lowest BCUT2D eigenvalue weighted by Crippen LogP contribution is -2.27. The quantitative estimate of drug-likeness (QED) is 0.462. The first-order valence-corrected chi connectivity index (χ1v) is 8.49. The normalized spacial score (nSPS) is 16.1. The summed E-state index contributed by atoms with van der Waals surface area (Å²) < 4.78 is 0. The standard InChI is InChI=1S/C16H10Cl2N2O4S/c17-10-3-9(6-19-14(10)18)7-20-15(23)13(25-16(20)24)5-8-1-2-11(21)12(22)4-8/h1-6,21-22H,7H2. The molecular formula is C16H10Cl2N2O4S. The Morgan fingerprint density at radius 2 is 1.92 bits per heavy atom. The first kappa shape index (κ1) is 17.6. The molecule has 1 fully saturated rings. The highest BCUT2D eigenvalue weighted by Crippen LogP contribution is 2.35. The lowest BCUT2D eigenvalue weighted by atomic mass is 10.2. The van der Waals surface area contributed by atoms with Crippen molar-refractivity contribution in [2.45, 2.75) is 6.54 Å². The number of phenols is 2. The van der Waals surface area contributed by atoms with Crippen LogP contribution in [-0.4, -0.2) is 31.2 Å². The van der Waals surface area contributed by atoms with E-state index in [1.807, 2.05) is 0 Å². The zero-order valence-electron chi connectivity index (χ0n) is 12.4. The van der Waals surface area contributed by atoms with Crippen molar-refractivity contribution < 1.29 is 19.8 Å². The number of hydrogen-bond donors (Lipinski definition) is 2. The number of imide groups is 1. The smallest absolute Gasteiger partial charge is 0.293 e. The van der Waals surface area contributed by atoms with Gasteiger partial charge >= 0.3 is 0 Å². The molecule has 0 unspecified atom stereocenters. The molecule has 1 saturated heterocycles. The highest BCUT2D eigenvalue weighted by Gasteiger charge is 2.35. The first-order valence-electron chi connectivity index (χ1n) is 6.92. The molecule has 6 nitrogen and oxygen atoms in total. The molecule has 1 aromatic heterocycles. The summed E-state index contributed by atoms with van der Waals surface area (Å²) in [7, 11) is 0. The zero-order chi connectivity index (χ0) is 18.1. The number of benzene rings is 1. The fourth-order valence-electron chi connectivity index (χ4n) is 2.15. The van der Waals surface area contributed by atoms with Gasteiger partial charge in [0.2, 0.25) is 0 Å². The third-order valence-electron chi connectivity index (χ3n) is 3.36. The summed E-state index contributed by atoms with van der Waals surface area (Å²) in [6, 6.07) is 5.66. The lowest BCUT2D eigenvalue weighted by molar-refractivity contribution is -0.123. The minimum atomic E-state index is -0.464. The summed E-state index contributed by atoms with van der Waals surface area (Å²) >= 11 is 12.4. The third kappa shape index (κ3) is 3.73. The van der Waals surface area contributed by atoms with Gasteiger partial charge in [-0.2, -0.15) is 0 Å².